The van der Waals surface area contributed by atoms with E-state index in [-0.39, 0.29) is 5.72 Å². The molecule has 0 spiro atoms. The summed E-state index contributed by atoms with van der Waals surface area (Å²) in [6.07, 6.45) is 2.46. The van der Waals surface area contributed by atoms with Gasteiger partial charge in [0, 0.05) is 19.2 Å². The quantitative estimate of drug-likeness (QED) is 0.678. The van der Waals surface area contributed by atoms with Crippen molar-refractivity contribution < 1.29 is 4.74 Å². The molecule has 0 N–H and O–H groups in total. The Balaban J connectivity index is 2.83. The van der Waals surface area contributed by atoms with Crippen LogP contribution in [0.4, 0.5) is 0 Å². The minimum atomic E-state index is -0.0648. The van der Waals surface area contributed by atoms with Crippen LogP contribution in [0.1, 0.15) is 47.5 Å². The lowest BCUT2D eigenvalue weighted by atomic mass is 9.98. The molecule has 1 atom stereocenters. The van der Waals surface area contributed by atoms with Gasteiger partial charge in [0.2, 0.25) is 0 Å². The summed E-state index contributed by atoms with van der Waals surface area (Å²) in [6, 6.07) is 0.570. The van der Waals surface area contributed by atoms with Crippen LogP contribution in [-0.4, -0.2) is 29.8 Å². The molecule has 0 bridgehead atoms. The first-order valence-electron chi connectivity index (χ1n) is 5.89. The van der Waals surface area contributed by atoms with Gasteiger partial charge in [-0.3, -0.25) is 4.90 Å². The average Bonchev–Trinajstić information content (AvgIpc) is 2.27. The maximum absolute atomic E-state index is 6.05. The molecule has 1 aliphatic rings. The van der Waals surface area contributed by atoms with Crippen molar-refractivity contribution in [3.63, 3.8) is 0 Å². The molecule has 1 fully saturated rings. The molecule has 0 saturated carbocycles. The van der Waals surface area contributed by atoms with Crippen LogP contribution in [0.2, 0.25) is 0 Å². The van der Waals surface area contributed by atoms with Gasteiger partial charge in [-0.25, -0.2) is 0 Å². The van der Waals surface area contributed by atoms with Crippen LogP contribution in [0.25, 0.3) is 0 Å². The van der Waals surface area contributed by atoms with Gasteiger partial charge in [0.1, 0.15) is 5.72 Å². The summed E-state index contributed by atoms with van der Waals surface area (Å²) >= 11 is 0. The van der Waals surface area contributed by atoms with Gasteiger partial charge in [-0.1, -0.05) is 13.8 Å². The third kappa shape index (κ3) is 2.29. The first-order chi connectivity index (χ1) is 6.48. The van der Waals surface area contributed by atoms with Crippen molar-refractivity contribution in [1.82, 2.24) is 4.90 Å². The molecule has 0 aromatic carbocycles. The highest BCUT2D eigenvalue weighted by atomic mass is 16.5. The molecule has 1 saturated heterocycles. The molecule has 2 heteroatoms. The Morgan fingerprint density at radius 2 is 1.79 bits per heavy atom. The van der Waals surface area contributed by atoms with Crippen molar-refractivity contribution in [3.05, 3.63) is 0 Å². The molecule has 14 heavy (non-hydrogen) atoms. The SMILES string of the molecule is CC(C)N1CCCCOC1(C)C(C)C. The lowest BCUT2D eigenvalue weighted by molar-refractivity contribution is -0.171. The summed E-state index contributed by atoms with van der Waals surface area (Å²) in [5.41, 5.74) is -0.0648. The maximum Gasteiger partial charge on any atom is 0.121 e. The second kappa shape index (κ2) is 4.63. The summed E-state index contributed by atoms with van der Waals surface area (Å²) in [4.78, 5) is 2.50. The summed E-state index contributed by atoms with van der Waals surface area (Å²) in [5.74, 6) is 0.544. The molecule has 1 unspecified atom stereocenters. The van der Waals surface area contributed by atoms with Gasteiger partial charge in [0.15, 0.2) is 0 Å². The van der Waals surface area contributed by atoms with E-state index in [2.05, 4.69) is 39.5 Å². The van der Waals surface area contributed by atoms with Crippen LogP contribution in [-0.2, 0) is 4.74 Å². The standard InChI is InChI=1S/C12H25NO/c1-10(2)12(5)13(11(3)4)8-6-7-9-14-12/h10-11H,6-9H2,1-5H3. The van der Waals surface area contributed by atoms with Gasteiger partial charge in [-0.05, 0) is 39.5 Å². The zero-order valence-corrected chi connectivity index (χ0v) is 10.3. The highest BCUT2D eigenvalue weighted by Crippen LogP contribution is 2.30. The van der Waals surface area contributed by atoms with Crippen molar-refractivity contribution >= 4 is 0 Å². The fraction of sp³-hybridized carbons (Fsp3) is 1.00. The van der Waals surface area contributed by atoms with Crippen molar-refractivity contribution in [2.24, 2.45) is 5.92 Å². The number of ether oxygens (including phenoxy) is 1. The molecular weight excluding hydrogens is 174 g/mol. The Labute approximate surface area is 88.6 Å². The second-order valence-electron chi connectivity index (χ2n) is 5.05. The smallest absolute Gasteiger partial charge is 0.121 e. The van der Waals surface area contributed by atoms with Crippen molar-refractivity contribution in [2.45, 2.75) is 59.2 Å². The first-order valence-corrected chi connectivity index (χ1v) is 5.89. The normalized spacial score (nSPS) is 31.1. The molecule has 0 radical (unpaired) electrons. The van der Waals surface area contributed by atoms with E-state index in [4.69, 9.17) is 4.74 Å². The molecule has 0 aromatic heterocycles. The molecule has 84 valence electrons. The van der Waals surface area contributed by atoms with Gasteiger partial charge in [-0.15, -0.1) is 0 Å². The largest absolute Gasteiger partial charge is 0.360 e. The minimum Gasteiger partial charge on any atom is -0.360 e. The second-order valence-corrected chi connectivity index (χ2v) is 5.05. The predicted octanol–water partition coefficient (Wildman–Crippen LogP) is 2.88. The Kier molecular flexibility index (Phi) is 3.96. The van der Waals surface area contributed by atoms with E-state index in [0.717, 1.165) is 6.61 Å². The molecule has 2 nitrogen and oxygen atoms in total. The first kappa shape index (κ1) is 12.0. The molecule has 1 aliphatic heterocycles. The van der Waals surface area contributed by atoms with E-state index in [1.165, 1.54) is 19.4 Å². The number of rotatable bonds is 2. The van der Waals surface area contributed by atoms with Gasteiger partial charge >= 0.3 is 0 Å². The lowest BCUT2D eigenvalue weighted by Crippen LogP contribution is -2.54. The summed E-state index contributed by atoms with van der Waals surface area (Å²) in [6.45, 7) is 13.3. The number of hydrogen-bond acceptors (Lipinski definition) is 2. The van der Waals surface area contributed by atoms with Crippen LogP contribution < -0.4 is 0 Å². The van der Waals surface area contributed by atoms with E-state index in [1.807, 2.05) is 0 Å². The zero-order chi connectivity index (χ0) is 10.8. The highest BCUT2D eigenvalue weighted by molar-refractivity contribution is 4.84. The molecular formula is C12H25NO. The minimum absolute atomic E-state index is 0.0648. The van der Waals surface area contributed by atoms with Crippen molar-refractivity contribution in [1.29, 1.82) is 0 Å². The Bertz CT molecular complexity index is 179. The molecule has 1 rings (SSSR count). The monoisotopic (exact) mass is 199 g/mol. The third-order valence-electron chi connectivity index (χ3n) is 3.45. The van der Waals surface area contributed by atoms with Crippen LogP contribution >= 0.6 is 0 Å². The Hall–Kier alpha value is -0.0800. The van der Waals surface area contributed by atoms with Gasteiger partial charge in [0.25, 0.3) is 0 Å². The fourth-order valence-corrected chi connectivity index (χ4v) is 2.24. The van der Waals surface area contributed by atoms with Crippen LogP contribution in [0.5, 0.6) is 0 Å². The number of nitrogens with zero attached hydrogens (tertiary/aromatic N) is 1. The molecule has 0 aliphatic carbocycles. The summed E-state index contributed by atoms with van der Waals surface area (Å²) in [5, 5.41) is 0. The van der Waals surface area contributed by atoms with Gasteiger partial charge in [0.05, 0.1) is 0 Å². The lowest BCUT2D eigenvalue weighted by Gasteiger charge is -2.45. The van der Waals surface area contributed by atoms with E-state index in [1.54, 1.807) is 0 Å². The Morgan fingerprint density at radius 3 is 2.29 bits per heavy atom. The van der Waals surface area contributed by atoms with E-state index >= 15 is 0 Å². The van der Waals surface area contributed by atoms with Crippen LogP contribution in [0.3, 0.4) is 0 Å². The van der Waals surface area contributed by atoms with Crippen molar-refractivity contribution in [2.75, 3.05) is 13.2 Å². The summed E-state index contributed by atoms with van der Waals surface area (Å²) < 4.78 is 6.05. The van der Waals surface area contributed by atoms with Gasteiger partial charge in [-0.2, -0.15) is 0 Å². The third-order valence-corrected chi connectivity index (χ3v) is 3.45. The van der Waals surface area contributed by atoms with Gasteiger partial charge < -0.3 is 4.74 Å². The number of hydrogen-bond donors (Lipinski definition) is 0. The zero-order valence-electron chi connectivity index (χ0n) is 10.3. The van der Waals surface area contributed by atoms with Crippen molar-refractivity contribution in [3.8, 4) is 0 Å². The summed E-state index contributed by atoms with van der Waals surface area (Å²) in [7, 11) is 0. The van der Waals surface area contributed by atoms with Crippen LogP contribution in [0, 0.1) is 5.92 Å². The highest BCUT2D eigenvalue weighted by Gasteiger charge is 2.38. The maximum atomic E-state index is 6.05. The Morgan fingerprint density at radius 1 is 1.14 bits per heavy atom. The predicted molar refractivity (Wildman–Crippen MR) is 60.3 cm³/mol. The average molecular weight is 199 g/mol. The van der Waals surface area contributed by atoms with E-state index in [9.17, 15) is 0 Å². The van der Waals surface area contributed by atoms with Crippen LogP contribution in [0.15, 0.2) is 0 Å². The van der Waals surface area contributed by atoms with E-state index < -0.39 is 0 Å². The molecule has 1 heterocycles. The molecule has 0 amide bonds. The topological polar surface area (TPSA) is 12.5 Å². The van der Waals surface area contributed by atoms with E-state index in [0.29, 0.717) is 12.0 Å². The molecule has 0 aromatic rings. The fourth-order valence-electron chi connectivity index (χ4n) is 2.24.